The first kappa shape index (κ1) is 22.4. The maximum absolute atomic E-state index is 13.0. The molecule has 1 unspecified atom stereocenters. The number of nitrogens with zero attached hydrogens (tertiary/aromatic N) is 2. The number of rotatable bonds is 6. The largest absolute Gasteiger partial charge is 0.362 e. The van der Waals surface area contributed by atoms with Gasteiger partial charge in [-0.3, -0.25) is 9.80 Å². The Morgan fingerprint density at radius 1 is 0.933 bits per heavy atom. The number of hydrogen-bond acceptors (Lipinski definition) is 3. The lowest BCUT2D eigenvalue weighted by Crippen LogP contribution is -2.47. The minimum atomic E-state index is -0.197. The van der Waals surface area contributed by atoms with Crippen LogP contribution in [0.2, 0.25) is 0 Å². The van der Waals surface area contributed by atoms with E-state index in [0.717, 1.165) is 38.3 Å². The fourth-order valence-electron chi connectivity index (χ4n) is 4.03. The van der Waals surface area contributed by atoms with Gasteiger partial charge in [-0.2, -0.15) is 0 Å². The molecule has 3 aromatic carbocycles. The zero-order valence-electron chi connectivity index (χ0n) is 17.2. The normalized spacial score (nSPS) is 16.6. The Bertz CT molecular complexity index is 963. The van der Waals surface area contributed by atoms with Gasteiger partial charge in [0.05, 0.1) is 0 Å². The number of halogens is 2. The summed E-state index contributed by atoms with van der Waals surface area (Å²) < 4.78 is 18.9. The van der Waals surface area contributed by atoms with Crippen molar-refractivity contribution in [2.24, 2.45) is 0 Å². The van der Waals surface area contributed by atoms with E-state index in [1.54, 1.807) is 19.2 Å². The van der Waals surface area contributed by atoms with Crippen molar-refractivity contribution >= 4 is 29.3 Å². The molecule has 158 valence electrons. The number of hydrogen-bond donors (Lipinski definition) is 0. The van der Waals surface area contributed by atoms with Crippen LogP contribution >= 0.6 is 12.4 Å². The molecular weight excluding hydrogens is 399 g/mol. The van der Waals surface area contributed by atoms with E-state index in [4.69, 9.17) is 4.74 Å². The van der Waals surface area contributed by atoms with Gasteiger partial charge >= 0.3 is 0 Å². The second-order valence-electron chi connectivity index (χ2n) is 7.45. The molecule has 30 heavy (non-hydrogen) atoms. The van der Waals surface area contributed by atoms with Crippen LogP contribution in [0.1, 0.15) is 17.4 Å². The molecule has 1 aliphatic heterocycles. The maximum Gasteiger partial charge on any atom is 0.137 e. The van der Waals surface area contributed by atoms with Gasteiger partial charge in [-0.05, 0) is 28.5 Å². The first-order valence-corrected chi connectivity index (χ1v) is 10.1. The van der Waals surface area contributed by atoms with Crippen LogP contribution in [0.15, 0.2) is 72.8 Å². The number of ether oxygens (including phenoxy) is 1. The van der Waals surface area contributed by atoms with Gasteiger partial charge in [0.25, 0.3) is 0 Å². The summed E-state index contributed by atoms with van der Waals surface area (Å²) in [5.41, 5.74) is 2.26. The summed E-state index contributed by atoms with van der Waals surface area (Å²) in [6.07, 6.45) is 4.18. The van der Waals surface area contributed by atoms with Crippen LogP contribution in [-0.2, 0) is 4.74 Å². The molecule has 0 saturated carbocycles. The van der Waals surface area contributed by atoms with Crippen molar-refractivity contribution in [2.45, 2.75) is 6.23 Å². The Kier molecular flexibility index (Phi) is 8.00. The number of benzene rings is 3. The molecule has 1 heterocycles. The molecule has 5 heteroatoms. The predicted octanol–water partition coefficient (Wildman–Crippen LogP) is 5.38. The highest BCUT2D eigenvalue weighted by molar-refractivity contribution is 5.86. The van der Waals surface area contributed by atoms with E-state index in [1.165, 1.54) is 28.5 Å². The smallest absolute Gasteiger partial charge is 0.137 e. The van der Waals surface area contributed by atoms with Crippen LogP contribution in [0.25, 0.3) is 16.8 Å². The average Bonchev–Trinajstić information content (AvgIpc) is 2.77. The zero-order valence-corrected chi connectivity index (χ0v) is 18.0. The van der Waals surface area contributed by atoms with Gasteiger partial charge < -0.3 is 4.74 Å². The monoisotopic (exact) mass is 426 g/mol. The Morgan fingerprint density at radius 3 is 2.37 bits per heavy atom. The van der Waals surface area contributed by atoms with E-state index in [9.17, 15) is 4.39 Å². The minimum absolute atomic E-state index is 0. The van der Waals surface area contributed by atoms with E-state index in [2.05, 4.69) is 64.4 Å². The van der Waals surface area contributed by atoms with Crippen molar-refractivity contribution in [3.8, 4) is 0 Å². The highest BCUT2D eigenvalue weighted by atomic mass is 35.5. The molecule has 0 spiro atoms. The summed E-state index contributed by atoms with van der Waals surface area (Å²) in [7, 11) is 1.80. The van der Waals surface area contributed by atoms with Crippen LogP contribution in [0, 0.1) is 5.82 Å². The molecule has 0 N–H and O–H groups in total. The van der Waals surface area contributed by atoms with Crippen LogP contribution < -0.4 is 0 Å². The average molecular weight is 427 g/mol. The molecule has 3 nitrogen and oxygen atoms in total. The molecule has 0 radical (unpaired) electrons. The topological polar surface area (TPSA) is 15.7 Å². The maximum atomic E-state index is 13.0. The Morgan fingerprint density at radius 2 is 1.63 bits per heavy atom. The molecule has 4 rings (SSSR count). The van der Waals surface area contributed by atoms with Crippen LogP contribution in [-0.4, -0.2) is 49.6 Å². The highest BCUT2D eigenvalue weighted by Crippen LogP contribution is 2.29. The standard InChI is InChI=1S/C25H27FN2O.ClH/c1-29-25(24-10-4-8-21-7-2-3-9-23(21)24)28-18-16-27(17-19-28)15-5-6-20-11-13-22(26)14-12-20;/h2-14,25H,15-19H2,1H3;1H/b6-5+;. The van der Waals surface area contributed by atoms with Gasteiger partial charge in [-0.15, -0.1) is 12.4 Å². The molecule has 0 aliphatic carbocycles. The molecule has 1 fully saturated rings. The summed E-state index contributed by atoms with van der Waals surface area (Å²) in [6.45, 7) is 4.83. The zero-order chi connectivity index (χ0) is 20.1. The van der Waals surface area contributed by atoms with E-state index in [-0.39, 0.29) is 24.5 Å². The van der Waals surface area contributed by atoms with E-state index < -0.39 is 0 Å². The molecule has 0 bridgehead atoms. The van der Waals surface area contributed by atoms with Gasteiger partial charge in [-0.1, -0.05) is 66.7 Å². The van der Waals surface area contributed by atoms with Gasteiger partial charge in [-0.25, -0.2) is 4.39 Å². The van der Waals surface area contributed by atoms with Crippen molar-refractivity contribution in [3.05, 3.63) is 89.8 Å². The fourth-order valence-corrected chi connectivity index (χ4v) is 4.03. The summed E-state index contributed by atoms with van der Waals surface area (Å²) in [4.78, 5) is 4.86. The van der Waals surface area contributed by atoms with Crippen molar-refractivity contribution in [3.63, 3.8) is 0 Å². The number of methoxy groups -OCH3 is 1. The Balaban J connectivity index is 0.00000256. The lowest BCUT2D eigenvalue weighted by Gasteiger charge is -2.38. The lowest BCUT2D eigenvalue weighted by molar-refractivity contribution is -0.0540. The Labute approximate surface area is 184 Å². The summed E-state index contributed by atoms with van der Waals surface area (Å²) >= 11 is 0. The first-order valence-electron chi connectivity index (χ1n) is 10.1. The van der Waals surface area contributed by atoms with Crippen LogP contribution in [0.3, 0.4) is 0 Å². The molecule has 0 amide bonds. The van der Waals surface area contributed by atoms with Crippen molar-refractivity contribution in [1.82, 2.24) is 9.80 Å². The third-order valence-corrected chi connectivity index (χ3v) is 5.60. The molecule has 1 atom stereocenters. The van der Waals surface area contributed by atoms with E-state index in [1.807, 2.05) is 0 Å². The SMILES string of the molecule is COC(c1cccc2ccccc12)N1CCN(C/C=C/c2ccc(F)cc2)CC1.Cl. The Hall–Kier alpha value is -2.24. The number of fused-ring (bicyclic) bond motifs is 1. The molecule has 1 aliphatic rings. The van der Waals surface area contributed by atoms with E-state index in [0.29, 0.717) is 0 Å². The number of piperazine rings is 1. The summed E-state index contributed by atoms with van der Waals surface area (Å²) in [5, 5.41) is 2.50. The second-order valence-corrected chi connectivity index (χ2v) is 7.45. The van der Waals surface area contributed by atoms with Crippen LogP contribution in [0.4, 0.5) is 4.39 Å². The fraction of sp³-hybridized carbons (Fsp3) is 0.280. The van der Waals surface area contributed by atoms with Crippen molar-refractivity contribution in [1.29, 1.82) is 0 Å². The van der Waals surface area contributed by atoms with Crippen molar-refractivity contribution in [2.75, 3.05) is 39.8 Å². The van der Waals surface area contributed by atoms with Gasteiger partial charge in [0.1, 0.15) is 12.0 Å². The highest BCUT2D eigenvalue weighted by Gasteiger charge is 2.25. The molecule has 0 aromatic heterocycles. The molecule has 1 saturated heterocycles. The van der Waals surface area contributed by atoms with Crippen molar-refractivity contribution < 1.29 is 9.13 Å². The second kappa shape index (κ2) is 10.7. The van der Waals surface area contributed by atoms with E-state index >= 15 is 0 Å². The quantitative estimate of drug-likeness (QED) is 0.526. The first-order chi connectivity index (χ1) is 14.2. The predicted molar refractivity (Wildman–Crippen MR) is 124 cm³/mol. The van der Waals surface area contributed by atoms with Gasteiger partial charge in [0, 0.05) is 45.4 Å². The van der Waals surface area contributed by atoms with Crippen LogP contribution in [0.5, 0.6) is 0 Å². The summed E-state index contributed by atoms with van der Waals surface area (Å²) in [6, 6.07) is 21.5. The third kappa shape index (κ3) is 5.27. The van der Waals surface area contributed by atoms with Gasteiger partial charge in [0.15, 0.2) is 0 Å². The molecular formula is C25H28ClFN2O. The summed E-state index contributed by atoms with van der Waals surface area (Å²) in [5.74, 6) is -0.197. The molecule has 3 aromatic rings. The third-order valence-electron chi connectivity index (χ3n) is 5.60. The minimum Gasteiger partial charge on any atom is -0.362 e. The lowest BCUT2D eigenvalue weighted by atomic mass is 10.0. The van der Waals surface area contributed by atoms with Gasteiger partial charge in [0.2, 0.25) is 0 Å².